The Labute approximate surface area is 253 Å². The molecule has 230 valence electrons. The number of fused-ring (bicyclic) bond motifs is 3. The van der Waals surface area contributed by atoms with Crippen molar-refractivity contribution in [3.05, 3.63) is 53.5 Å². The van der Waals surface area contributed by atoms with Gasteiger partial charge < -0.3 is 21.7 Å². The minimum Gasteiger partial charge on any atom is -0.382 e. The van der Waals surface area contributed by atoms with Crippen molar-refractivity contribution in [2.75, 3.05) is 25.5 Å². The second-order valence-electron chi connectivity index (χ2n) is 13.0. The van der Waals surface area contributed by atoms with E-state index in [1.165, 1.54) is 31.4 Å². The van der Waals surface area contributed by atoms with Gasteiger partial charge in [-0.25, -0.2) is 4.39 Å². The van der Waals surface area contributed by atoms with Crippen LogP contribution < -0.4 is 21.7 Å². The number of hydrogen-bond acceptors (Lipinski definition) is 5. The average Bonchev–Trinajstić information content (AvgIpc) is 3.30. The van der Waals surface area contributed by atoms with E-state index in [0.717, 1.165) is 66.7 Å². The smallest absolute Gasteiger partial charge is 0.250 e. The molecular weight excluding hydrogens is 545 g/mol. The summed E-state index contributed by atoms with van der Waals surface area (Å²) in [7, 11) is 1.70. The Kier molecular flexibility index (Phi) is 9.20. The van der Waals surface area contributed by atoms with E-state index in [0.29, 0.717) is 30.0 Å². The van der Waals surface area contributed by atoms with Crippen molar-refractivity contribution >= 4 is 34.3 Å². The molecule has 43 heavy (non-hydrogen) atoms. The number of benzene rings is 2. The van der Waals surface area contributed by atoms with E-state index in [1.54, 1.807) is 23.7 Å². The third kappa shape index (κ3) is 6.77. The van der Waals surface area contributed by atoms with Crippen molar-refractivity contribution in [2.45, 2.75) is 77.7 Å². The summed E-state index contributed by atoms with van der Waals surface area (Å²) in [6, 6.07) is 10.6. The van der Waals surface area contributed by atoms with Gasteiger partial charge in [-0.3, -0.25) is 19.0 Å². The minimum atomic E-state index is -0.470. The summed E-state index contributed by atoms with van der Waals surface area (Å²) in [6.07, 6.45) is 8.79. The monoisotopic (exact) mass is 589 g/mol. The Morgan fingerprint density at radius 2 is 1.72 bits per heavy atom. The number of nitrogens with zero attached hydrogens (tertiary/aromatic N) is 1. The number of amides is 2. The molecule has 0 unspecified atom stereocenters. The fourth-order valence-corrected chi connectivity index (χ4v) is 6.88. The molecule has 8 nitrogen and oxygen atoms in total. The lowest BCUT2D eigenvalue weighted by molar-refractivity contribution is -0.125. The summed E-state index contributed by atoms with van der Waals surface area (Å²) in [6.45, 7) is 6.14. The van der Waals surface area contributed by atoms with Gasteiger partial charge in [0, 0.05) is 47.8 Å². The van der Waals surface area contributed by atoms with Gasteiger partial charge >= 0.3 is 0 Å². The number of carbonyl (C=O) groups excluding carboxylic acids is 3. The first kappa shape index (κ1) is 30.7. The highest BCUT2D eigenvalue weighted by molar-refractivity contribution is 6.06. The average molecular weight is 590 g/mol. The van der Waals surface area contributed by atoms with Gasteiger partial charge in [0.2, 0.25) is 11.8 Å². The van der Waals surface area contributed by atoms with Crippen LogP contribution in [0.25, 0.3) is 22.0 Å². The molecule has 3 heterocycles. The molecule has 1 aromatic heterocycles. The number of carbonyl (C=O) groups is 3. The highest BCUT2D eigenvalue weighted by Gasteiger charge is 2.35. The molecular formula is C34H44FN5O3. The molecule has 1 aliphatic carbocycles. The van der Waals surface area contributed by atoms with E-state index in [1.807, 2.05) is 12.1 Å². The van der Waals surface area contributed by atoms with Crippen molar-refractivity contribution in [2.24, 2.45) is 17.1 Å². The number of nitrogens with two attached hydrogens (primary N) is 1. The van der Waals surface area contributed by atoms with Crippen molar-refractivity contribution in [1.82, 2.24) is 15.2 Å². The van der Waals surface area contributed by atoms with Crippen molar-refractivity contribution in [3.63, 3.8) is 0 Å². The van der Waals surface area contributed by atoms with Gasteiger partial charge in [0.05, 0.1) is 11.1 Å². The van der Waals surface area contributed by atoms with Crippen LogP contribution >= 0.6 is 0 Å². The Balaban J connectivity index is 0.000000314. The number of rotatable bonds is 5. The minimum absolute atomic E-state index is 0.0163. The summed E-state index contributed by atoms with van der Waals surface area (Å²) in [4.78, 5) is 36.3. The molecule has 2 aliphatic heterocycles. The molecule has 0 bridgehead atoms. The first-order valence-electron chi connectivity index (χ1n) is 15.6. The number of hydrogen-bond donors (Lipinski definition) is 4. The fourth-order valence-electron chi connectivity index (χ4n) is 6.88. The Morgan fingerprint density at radius 3 is 2.40 bits per heavy atom. The highest BCUT2D eigenvalue weighted by atomic mass is 19.1. The lowest BCUT2D eigenvalue weighted by Crippen LogP contribution is -2.36. The highest BCUT2D eigenvalue weighted by Crippen LogP contribution is 2.43. The Bertz CT molecular complexity index is 1520. The molecule has 1 saturated carbocycles. The SMILES string of the molecule is CC1(C)CC(=O)n2c(c(-c3ccc(C(N)=O)c(NC4CCCCC4)c3)c3ccc(F)cc32)C1.CNC(=O)C1CCNCC1. The number of nitrogens with one attached hydrogen (secondary N) is 3. The summed E-state index contributed by atoms with van der Waals surface area (Å²) >= 11 is 0. The van der Waals surface area contributed by atoms with Gasteiger partial charge in [0.15, 0.2) is 0 Å². The quantitative estimate of drug-likeness (QED) is 0.307. The van der Waals surface area contributed by atoms with Gasteiger partial charge in [-0.2, -0.15) is 0 Å². The molecule has 0 spiro atoms. The van der Waals surface area contributed by atoms with E-state index < -0.39 is 5.91 Å². The first-order valence-corrected chi connectivity index (χ1v) is 15.6. The molecule has 6 rings (SSSR count). The second kappa shape index (κ2) is 12.9. The molecule has 2 aromatic carbocycles. The van der Waals surface area contributed by atoms with Gasteiger partial charge in [0.1, 0.15) is 5.82 Å². The predicted octanol–water partition coefficient (Wildman–Crippen LogP) is 5.64. The maximum absolute atomic E-state index is 14.2. The molecule has 3 aromatic rings. The zero-order valence-electron chi connectivity index (χ0n) is 25.5. The summed E-state index contributed by atoms with van der Waals surface area (Å²) < 4.78 is 15.9. The van der Waals surface area contributed by atoms with E-state index >= 15 is 0 Å². The largest absolute Gasteiger partial charge is 0.382 e. The molecule has 2 fully saturated rings. The lowest BCUT2D eigenvalue weighted by atomic mass is 9.80. The maximum atomic E-state index is 14.2. The molecule has 1 saturated heterocycles. The van der Waals surface area contributed by atoms with E-state index in [2.05, 4.69) is 29.8 Å². The summed E-state index contributed by atoms with van der Waals surface area (Å²) in [5, 5.41) is 10.3. The van der Waals surface area contributed by atoms with Gasteiger partial charge in [-0.05, 0) is 86.5 Å². The summed E-state index contributed by atoms with van der Waals surface area (Å²) in [5.74, 6) is -0.400. The zero-order chi connectivity index (χ0) is 30.7. The molecule has 0 atom stereocenters. The number of aromatic nitrogens is 1. The number of halogens is 1. The molecule has 3 aliphatic rings. The fraction of sp³-hybridized carbons (Fsp3) is 0.500. The van der Waals surface area contributed by atoms with Crippen molar-refractivity contribution < 1.29 is 18.8 Å². The molecule has 5 N–H and O–H groups in total. The Hall–Kier alpha value is -3.72. The van der Waals surface area contributed by atoms with Crippen LogP contribution in [0, 0.1) is 17.2 Å². The van der Waals surface area contributed by atoms with Crippen LogP contribution in [0.15, 0.2) is 36.4 Å². The third-order valence-electron chi connectivity index (χ3n) is 9.05. The van der Waals surface area contributed by atoms with E-state index in [4.69, 9.17) is 5.73 Å². The van der Waals surface area contributed by atoms with Crippen LogP contribution in [-0.4, -0.2) is 48.5 Å². The van der Waals surface area contributed by atoms with Gasteiger partial charge in [-0.15, -0.1) is 0 Å². The van der Waals surface area contributed by atoms with Crippen molar-refractivity contribution in [3.8, 4) is 11.1 Å². The number of anilines is 1. The lowest BCUT2D eigenvalue weighted by Gasteiger charge is -2.30. The molecule has 2 amide bonds. The third-order valence-corrected chi connectivity index (χ3v) is 9.05. The van der Waals surface area contributed by atoms with Crippen molar-refractivity contribution in [1.29, 1.82) is 0 Å². The maximum Gasteiger partial charge on any atom is 0.250 e. The summed E-state index contributed by atoms with van der Waals surface area (Å²) in [5.41, 5.74) is 10.0. The van der Waals surface area contributed by atoms with Crippen LogP contribution in [0.1, 0.15) is 86.1 Å². The van der Waals surface area contributed by atoms with Crippen LogP contribution in [0.3, 0.4) is 0 Å². The first-order chi connectivity index (χ1) is 20.6. The van der Waals surface area contributed by atoms with E-state index in [-0.39, 0.29) is 29.0 Å². The van der Waals surface area contributed by atoms with Gasteiger partial charge in [-0.1, -0.05) is 39.2 Å². The topological polar surface area (TPSA) is 118 Å². The van der Waals surface area contributed by atoms with Crippen LogP contribution in [0.5, 0.6) is 0 Å². The Morgan fingerprint density at radius 1 is 1.00 bits per heavy atom. The normalized spacial score (nSPS) is 18.8. The molecule has 9 heteroatoms. The van der Waals surface area contributed by atoms with Crippen LogP contribution in [-0.2, 0) is 11.2 Å². The van der Waals surface area contributed by atoms with Gasteiger partial charge in [0.25, 0.3) is 5.91 Å². The van der Waals surface area contributed by atoms with Crippen LogP contribution in [0.4, 0.5) is 10.1 Å². The number of piperidine rings is 1. The van der Waals surface area contributed by atoms with Crippen LogP contribution in [0.2, 0.25) is 0 Å². The van der Waals surface area contributed by atoms with E-state index in [9.17, 15) is 18.8 Å². The number of primary amides is 1. The predicted molar refractivity (Wildman–Crippen MR) is 169 cm³/mol. The zero-order valence-corrected chi connectivity index (χ0v) is 25.5. The standard InChI is InChI=1S/C27H30FN3O2.C7H14N2O/c1-27(2)14-23-25(20-11-9-17(28)13-22(20)31(23)24(32)15-27)16-8-10-19(26(29)33)21(12-16)30-18-6-4-3-5-7-18;1-8-7(10)6-2-4-9-5-3-6/h8-13,18,30H,3-7,14-15H2,1-2H3,(H2,29,33);6,9H,2-5H2,1H3,(H,8,10). The molecule has 0 radical (unpaired) electrons. The second-order valence-corrected chi connectivity index (χ2v) is 13.0.